The van der Waals surface area contributed by atoms with Gasteiger partial charge < -0.3 is 24.1 Å². The molecule has 0 saturated heterocycles. The molecule has 0 fully saturated rings. The van der Waals surface area contributed by atoms with Crippen LogP contribution >= 0.6 is 0 Å². The minimum Gasteiger partial charge on any atom is -0.495 e. The first kappa shape index (κ1) is 21.8. The van der Waals surface area contributed by atoms with Crippen molar-refractivity contribution in [3.05, 3.63) is 65.3 Å². The van der Waals surface area contributed by atoms with E-state index in [0.717, 1.165) is 11.1 Å². The molecule has 1 aromatic heterocycles. The van der Waals surface area contributed by atoms with Gasteiger partial charge in [-0.2, -0.15) is 4.98 Å². The van der Waals surface area contributed by atoms with Gasteiger partial charge in [-0.1, -0.05) is 23.4 Å². The third-order valence-electron chi connectivity index (χ3n) is 4.40. The highest BCUT2D eigenvalue weighted by Gasteiger charge is 2.14. The number of hydrogen-bond acceptors (Lipinski definition) is 8. The average molecular weight is 425 g/mol. The van der Waals surface area contributed by atoms with Gasteiger partial charge >= 0.3 is 5.97 Å². The Hall–Kier alpha value is -3.88. The summed E-state index contributed by atoms with van der Waals surface area (Å²) in [7, 11) is 1.52. The van der Waals surface area contributed by atoms with Crippen molar-refractivity contribution in [2.45, 2.75) is 26.9 Å². The van der Waals surface area contributed by atoms with Gasteiger partial charge in [0.05, 0.1) is 19.2 Å². The SMILES string of the molecule is COc1ccccc1NC(=O)Cc1noc(COC(=O)COc2ccc(C)c(C)c2)n1. The first-order chi connectivity index (χ1) is 14.9. The highest BCUT2D eigenvalue weighted by atomic mass is 16.6. The topological polar surface area (TPSA) is 113 Å². The average Bonchev–Trinajstić information content (AvgIpc) is 3.20. The van der Waals surface area contributed by atoms with Crippen LogP contribution in [0.5, 0.6) is 11.5 Å². The lowest BCUT2D eigenvalue weighted by Crippen LogP contribution is -2.16. The molecule has 1 amide bonds. The molecule has 3 rings (SSSR count). The smallest absolute Gasteiger partial charge is 0.344 e. The molecule has 9 nitrogen and oxygen atoms in total. The molecule has 2 aromatic carbocycles. The molecular weight excluding hydrogens is 402 g/mol. The molecule has 3 aromatic rings. The third-order valence-corrected chi connectivity index (χ3v) is 4.40. The molecule has 0 atom stereocenters. The Balaban J connectivity index is 1.44. The van der Waals surface area contributed by atoms with E-state index < -0.39 is 5.97 Å². The number of carbonyl (C=O) groups is 2. The van der Waals surface area contributed by atoms with Crippen LogP contribution in [-0.2, 0) is 27.4 Å². The molecule has 31 heavy (non-hydrogen) atoms. The lowest BCUT2D eigenvalue weighted by Gasteiger charge is -2.08. The van der Waals surface area contributed by atoms with Gasteiger partial charge in [-0.3, -0.25) is 4.79 Å². The number of nitrogens with zero attached hydrogens (tertiary/aromatic N) is 2. The Morgan fingerprint density at radius 2 is 1.90 bits per heavy atom. The Bertz CT molecular complexity index is 1060. The van der Waals surface area contributed by atoms with Crippen molar-refractivity contribution in [3.8, 4) is 11.5 Å². The summed E-state index contributed by atoms with van der Waals surface area (Å²) < 4.78 is 20.7. The fraction of sp³-hybridized carbons (Fsp3) is 0.273. The number of anilines is 1. The largest absolute Gasteiger partial charge is 0.495 e. The summed E-state index contributed by atoms with van der Waals surface area (Å²) in [6.45, 7) is 3.50. The van der Waals surface area contributed by atoms with Crippen LogP contribution in [0.2, 0.25) is 0 Å². The molecule has 0 aliphatic carbocycles. The maximum absolute atomic E-state index is 12.2. The predicted molar refractivity (Wildman–Crippen MR) is 111 cm³/mol. The molecule has 0 radical (unpaired) electrons. The minimum absolute atomic E-state index is 0.0830. The monoisotopic (exact) mass is 425 g/mol. The Kier molecular flexibility index (Phi) is 7.21. The van der Waals surface area contributed by atoms with Crippen molar-refractivity contribution in [2.75, 3.05) is 19.0 Å². The lowest BCUT2D eigenvalue weighted by molar-refractivity contribution is -0.148. The van der Waals surface area contributed by atoms with Crippen molar-refractivity contribution >= 4 is 17.6 Å². The number of aryl methyl sites for hydroxylation is 2. The molecule has 1 heterocycles. The molecule has 1 N–H and O–H groups in total. The number of aromatic nitrogens is 2. The Morgan fingerprint density at radius 3 is 2.68 bits per heavy atom. The van der Waals surface area contributed by atoms with E-state index in [2.05, 4.69) is 15.5 Å². The van der Waals surface area contributed by atoms with E-state index in [4.69, 9.17) is 18.7 Å². The summed E-state index contributed by atoms with van der Waals surface area (Å²) in [5.74, 6) is 0.466. The van der Waals surface area contributed by atoms with Crippen LogP contribution in [0.4, 0.5) is 5.69 Å². The van der Waals surface area contributed by atoms with E-state index in [-0.39, 0.29) is 37.3 Å². The van der Waals surface area contributed by atoms with E-state index in [1.807, 2.05) is 26.0 Å². The van der Waals surface area contributed by atoms with Gasteiger partial charge in [-0.15, -0.1) is 0 Å². The Morgan fingerprint density at radius 1 is 1.10 bits per heavy atom. The summed E-state index contributed by atoms with van der Waals surface area (Å²) in [6, 6.07) is 12.6. The molecule has 0 spiro atoms. The number of rotatable bonds is 9. The van der Waals surface area contributed by atoms with Gasteiger partial charge in [-0.05, 0) is 49.2 Å². The summed E-state index contributed by atoms with van der Waals surface area (Å²) in [5, 5.41) is 6.45. The molecule has 162 valence electrons. The first-order valence-electron chi connectivity index (χ1n) is 9.54. The molecule has 9 heteroatoms. The number of benzene rings is 2. The second-order valence-electron chi connectivity index (χ2n) is 6.73. The summed E-state index contributed by atoms with van der Waals surface area (Å²) in [5.41, 5.74) is 2.74. The van der Waals surface area contributed by atoms with E-state index in [9.17, 15) is 9.59 Å². The standard InChI is InChI=1S/C22H23N3O6/c1-14-8-9-16(10-15(14)2)29-13-22(27)30-12-21-24-19(25-31-21)11-20(26)23-17-6-4-5-7-18(17)28-3/h4-10H,11-13H2,1-3H3,(H,23,26). The molecule has 0 unspecified atom stereocenters. The fourth-order valence-corrected chi connectivity index (χ4v) is 2.64. The second-order valence-corrected chi connectivity index (χ2v) is 6.73. The quantitative estimate of drug-likeness (QED) is 0.521. The van der Waals surface area contributed by atoms with Gasteiger partial charge in [0.2, 0.25) is 5.91 Å². The highest BCUT2D eigenvalue weighted by Crippen LogP contribution is 2.23. The maximum atomic E-state index is 12.2. The van der Waals surface area contributed by atoms with E-state index in [1.54, 1.807) is 30.3 Å². The van der Waals surface area contributed by atoms with Crippen LogP contribution < -0.4 is 14.8 Å². The van der Waals surface area contributed by atoms with Gasteiger partial charge in [0.25, 0.3) is 5.89 Å². The zero-order valence-electron chi connectivity index (χ0n) is 17.5. The maximum Gasteiger partial charge on any atom is 0.344 e. The molecule has 0 bridgehead atoms. The number of esters is 1. The first-order valence-corrected chi connectivity index (χ1v) is 9.54. The van der Waals surface area contributed by atoms with Crippen molar-refractivity contribution in [1.29, 1.82) is 0 Å². The van der Waals surface area contributed by atoms with Crippen LogP contribution in [0.1, 0.15) is 22.8 Å². The fourth-order valence-electron chi connectivity index (χ4n) is 2.64. The van der Waals surface area contributed by atoms with Crippen LogP contribution in [0.25, 0.3) is 0 Å². The number of carbonyl (C=O) groups excluding carboxylic acids is 2. The molecule has 0 aliphatic rings. The van der Waals surface area contributed by atoms with Gasteiger partial charge in [-0.25, -0.2) is 4.79 Å². The van der Waals surface area contributed by atoms with Crippen molar-refractivity contribution in [1.82, 2.24) is 10.1 Å². The summed E-state index contributed by atoms with van der Waals surface area (Å²) in [6.07, 6.45) is -0.106. The summed E-state index contributed by atoms with van der Waals surface area (Å²) >= 11 is 0. The highest BCUT2D eigenvalue weighted by molar-refractivity contribution is 5.93. The number of para-hydroxylation sites is 2. The van der Waals surface area contributed by atoms with Crippen LogP contribution in [0.15, 0.2) is 47.0 Å². The lowest BCUT2D eigenvalue weighted by atomic mass is 10.1. The van der Waals surface area contributed by atoms with Gasteiger partial charge in [0.15, 0.2) is 19.0 Å². The van der Waals surface area contributed by atoms with Crippen LogP contribution in [-0.4, -0.2) is 35.7 Å². The summed E-state index contributed by atoms with van der Waals surface area (Å²) in [4.78, 5) is 28.1. The van der Waals surface area contributed by atoms with E-state index in [1.165, 1.54) is 7.11 Å². The van der Waals surface area contributed by atoms with Gasteiger partial charge in [0, 0.05) is 0 Å². The number of hydrogen-bond donors (Lipinski definition) is 1. The zero-order chi connectivity index (χ0) is 22.2. The van der Waals surface area contributed by atoms with E-state index in [0.29, 0.717) is 17.2 Å². The molecule has 0 saturated carbocycles. The predicted octanol–water partition coefficient (Wildman–Crippen LogP) is 3.00. The van der Waals surface area contributed by atoms with Crippen molar-refractivity contribution < 1.29 is 28.3 Å². The van der Waals surface area contributed by atoms with Crippen molar-refractivity contribution in [2.24, 2.45) is 0 Å². The molecular formula is C22H23N3O6. The normalized spacial score (nSPS) is 10.4. The third kappa shape index (κ3) is 6.30. The minimum atomic E-state index is -0.577. The van der Waals surface area contributed by atoms with Crippen molar-refractivity contribution in [3.63, 3.8) is 0 Å². The number of methoxy groups -OCH3 is 1. The van der Waals surface area contributed by atoms with E-state index >= 15 is 0 Å². The Labute approximate surface area is 179 Å². The van der Waals surface area contributed by atoms with Gasteiger partial charge in [0.1, 0.15) is 11.5 Å². The number of nitrogens with one attached hydrogen (secondary N) is 1. The molecule has 0 aliphatic heterocycles. The van der Waals surface area contributed by atoms with Crippen LogP contribution in [0.3, 0.4) is 0 Å². The number of ether oxygens (including phenoxy) is 3. The zero-order valence-corrected chi connectivity index (χ0v) is 17.5. The number of amides is 1. The van der Waals surface area contributed by atoms with Crippen LogP contribution in [0, 0.1) is 13.8 Å². The second kappa shape index (κ2) is 10.2.